The molecular formula is GdO3U. The predicted octanol–water partition coefficient (Wildman–Crippen LogP) is -0.356. The quantitative estimate of drug-likeness (QED) is 0.490. The third-order valence-corrected chi connectivity index (χ3v) is 0. The second kappa shape index (κ2) is 33.9. The van der Waals surface area contributed by atoms with E-state index in [1.165, 1.54) is 0 Å². The molecular weight excluding hydrogens is 443 g/mol. The zero-order valence-corrected chi connectivity index (χ0v) is 8.51. The van der Waals surface area contributed by atoms with Gasteiger partial charge < -0.3 is 16.4 Å². The molecule has 0 rings (SSSR count). The second-order valence-corrected chi connectivity index (χ2v) is 0. The molecule has 0 saturated heterocycles. The number of rotatable bonds is 0. The van der Waals surface area contributed by atoms with E-state index in [4.69, 9.17) is 0 Å². The molecule has 0 radical (unpaired) electrons. The zero-order chi connectivity index (χ0) is 0. The van der Waals surface area contributed by atoms with Crippen molar-refractivity contribution in [2.24, 2.45) is 0 Å². The van der Waals surface area contributed by atoms with Crippen LogP contribution in [0.1, 0.15) is 0 Å². The van der Waals surface area contributed by atoms with E-state index in [1.807, 2.05) is 0 Å². The predicted molar refractivity (Wildman–Crippen MR) is 2.06 cm³/mol. The van der Waals surface area contributed by atoms with Crippen molar-refractivity contribution in [3.05, 3.63) is 0 Å². The maximum absolute atomic E-state index is 0. The van der Waals surface area contributed by atoms with Crippen LogP contribution in [0.25, 0.3) is 0 Å². The first-order valence-electron chi connectivity index (χ1n) is 0. The van der Waals surface area contributed by atoms with Crippen LogP contribution in [-0.2, 0) is 16.4 Å². The van der Waals surface area contributed by atoms with Crippen LogP contribution in [0.15, 0.2) is 0 Å². The minimum absolute atomic E-state index is 0. The van der Waals surface area contributed by atoms with Gasteiger partial charge in [0, 0.05) is 39.9 Å². The van der Waals surface area contributed by atoms with Crippen LogP contribution >= 0.6 is 0 Å². The SMILES string of the molecule is [Gd].[O-2].[O-2].[O-2].[U+6]. The summed E-state index contributed by atoms with van der Waals surface area (Å²) in [5.74, 6) is 0. The van der Waals surface area contributed by atoms with E-state index in [-0.39, 0.29) is 87.5 Å². The smallest absolute Gasteiger partial charge is 2.00 e. The molecule has 5 heavy (non-hydrogen) atoms. The van der Waals surface area contributed by atoms with E-state index in [1.54, 1.807) is 0 Å². The molecule has 0 aromatic carbocycles. The summed E-state index contributed by atoms with van der Waals surface area (Å²) in [7, 11) is 0. The van der Waals surface area contributed by atoms with Crippen molar-refractivity contribution in [2.45, 2.75) is 0 Å². The van der Waals surface area contributed by atoms with Gasteiger partial charge in [0.05, 0.1) is 0 Å². The number of hydrogen-bond donors (Lipinski definition) is 0. The van der Waals surface area contributed by atoms with Gasteiger partial charge in [-0.25, -0.2) is 0 Å². The largest absolute Gasteiger partial charge is 6.00 e. The Hall–Kier alpha value is 2.26. The molecule has 0 N–H and O–H groups in total. The van der Waals surface area contributed by atoms with Crippen molar-refractivity contribution in [3.63, 3.8) is 0 Å². The maximum Gasteiger partial charge on any atom is 6.00 e. The minimum atomic E-state index is 0. The molecule has 0 spiro atoms. The van der Waals surface area contributed by atoms with Gasteiger partial charge in [-0.05, 0) is 0 Å². The molecule has 0 aromatic heterocycles. The second-order valence-electron chi connectivity index (χ2n) is 0. The fourth-order valence-electron chi connectivity index (χ4n) is 0. The van der Waals surface area contributed by atoms with E-state index in [0.29, 0.717) is 0 Å². The van der Waals surface area contributed by atoms with Crippen LogP contribution < -0.4 is 0 Å². The average Bonchev–Trinajstić information content (AvgIpc) is 0. The van der Waals surface area contributed by atoms with Gasteiger partial charge in [0.2, 0.25) is 0 Å². The Kier molecular flexibility index (Phi) is 379. The van der Waals surface area contributed by atoms with Crippen LogP contribution in [0.4, 0.5) is 0 Å². The van der Waals surface area contributed by atoms with Crippen molar-refractivity contribution in [1.29, 1.82) is 0 Å². The Labute approximate surface area is 85.9 Å². The third-order valence-electron chi connectivity index (χ3n) is 0. The van der Waals surface area contributed by atoms with E-state index >= 15 is 0 Å². The van der Waals surface area contributed by atoms with Gasteiger partial charge >= 0.3 is 31.1 Å². The summed E-state index contributed by atoms with van der Waals surface area (Å²) in [6, 6.07) is 0. The Balaban J connectivity index is 0. The minimum Gasteiger partial charge on any atom is -2.00 e. The molecule has 0 heterocycles. The molecule has 0 unspecified atom stereocenters. The fourth-order valence-corrected chi connectivity index (χ4v) is 0. The molecule has 0 amide bonds. The van der Waals surface area contributed by atoms with Crippen LogP contribution in [0.2, 0.25) is 0 Å². The fraction of sp³-hybridized carbons (Fsp3) is 0. The summed E-state index contributed by atoms with van der Waals surface area (Å²) in [6.45, 7) is 0. The standard InChI is InChI=1S/Gd.3O.U/q;3*-2;+6. The summed E-state index contributed by atoms with van der Waals surface area (Å²) in [6.07, 6.45) is 0. The topological polar surface area (TPSA) is 85.5 Å². The van der Waals surface area contributed by atoms with Gasteiger partial charge in [0.1, 0.15) is 0 Å². The van der Waals surface area contributed by atoms with Gasteiger partial charge in [-0.1, -0.05) is 0 Å². The average molecular weight is 443 g/mol. The van der Waals surface area contributed by atoms with Gasteiger partial charge in [-0.3, -0.25) is 0 Å². The Morgan fingerprint density at radius 1 is 0.600 bits per heavy atom. The summed E-state index contributed by atoms with van der Waals surface area (Å²) >= 11 is 0. The summed E-state index contributed by atoms with van der Waals surface area (Å²) in [5.41, 5.74) is 0. The summed E-state index contributed by atoms with van der Waals surface area (Å²) in [5, 5.41) is 0. The first kappa shape index (κ1) is 55.8. The van der Waals surface area contributed by atoms with Crippen molar-refractivity contribution < 1.29 is 87.5 Å². The molecule has 0 aliphatic heterocycles. The normalized spacial score (nSPS) is 0. The maximum atomic E-state index is 0. The van der Waals surface area contributed by atoms with Crippen molar-refractivity contribution in [3.8, 4) is 0 Å². The molecule has 0 aliphatic carbocycles. The van der Waals surface area contributed by atoms with Crippen molar-refractivity contribution in [1.82, 2.24) is 0 Å². The first-order chi connectivity index (χ1) is 0. The Morgan fingerprint density at radius 2 is 0.600 bits per heavy atom. The van der Waals surface area contributed by atoms with Gasteiger partial charge in [-0.2, -0.15) is 0 Å². The number of hydrogen-bond acceptors (Lipinski definition) is 0. The molecule has 0 aliphatic rings. The molecule has 0 atom stereocenters. The monoisotopic (exact) mass is 444 g/mol. The molecule has 0 aromatic rings. The molecule has 30 valence electrons. The molecule has 3 nitrogen and oxygen atoms in total. The summed E-state index contributed by atoms with van der Waals surface area (Å²) < 4.78 is 0. The summed E-state index contributed by atoms with van der Waals surface area (Å²) in [4.78, 5) is 0. The van der Waals surface area contributed by atoms with Crippen LogP contribution in [0.3, 0.4) is 0 Å². The van der Waals surface area contributed by atoms with Gasteiger partial charge in [-0.15, -0.1) is 0 Å². The molecule has 0 bridgehead atoms. The molecule has 0 saturated carbocycles. The Morgan fingerprint density at radius 3 is 0.600 bits per heavy atom. The van der Waals surface area contributed by atoms with E-state index in [2.05, 4.69) is 0 Å². The molecule has 0 fully saturated rings. The first-order valence-corrected chi connectivity index (χ1v) is 0. The van der Waals surface area contributed by atoms with Crippen LogP contribution in [-0.4, -0.2) is 0 Å². The zero-order valence-electron chi connectivity index (χ0n) is 2.08. The van der Waals surface area contributed by atoms with Crippen LogP contribution in [0.5, 0.6) is 0 Å². The van der Waals surface area contributed by atoms with Gasteiger partial charge in [0.25, 0.3) is 0 Å². The Bertz CT molecular complexity index is 6.85. The van der Waals surface area contributed by atoms with Crippen molar-refractivity contribution >= 4 is 0 Å². The molecule has 5 heteroatoms. The van der Waals surface area contributed by atoms with Gasteiger partial charge in [0.15, 0.2) is 0 Å². The van der Waals surface area contributed by atoms with E-state index in [0.717, 1.165) is 0 Å². The van der Waals surface area contributed by atoms with E-state index in [9.17, 15) is 0 Å². The van der Waals surface area contributed by atoms with Crippen LogP contribution in [0, 0.1) is 71.1 Å². The van der Waals surface area contributed by atoms with E-state index < -0.39 is 0 Å². The van der Waals surface area contributed by atoms with Crippen molar-refractivity contribution in [2.75, 3.05) is 0 Å². The third kappa shape index (κ3) is 22.3.